The molecule has 0 saturated carbocycles. The van der Waals surface area contributed by atoms with Gasteiger partial charge >= 0.3 is 0 Å². The fourth-order valence-corrected chi connectivity index (χ4v) is 4.76. The van der Waals surface area contributed by atoms with Crippen LogP contribution >= 0.6 is 12.2 Å². The number of hydrogen-bond donors (Lipinski definition) is 2. The summed E-state index contributed by atoms with van der Waals surface area (Å²) in [6, 6.07) is 13.8. The summed E-state index contributed by atoms with van der Waals surface area (Å²) in [5.74, 6) is 1.35. The Hall–Kier alpha value is -3.10. The summed E-state index contributed by atoms with van der Waals surface area (Å²) in [6.45, 7) is 4.91. The average Bonchev–Trinajstić information content (AvgIpc) is 3.36. The lowest BCUT2D eigenvalue weighted by Crippen LogP contribution is -2.40. The van der Waals surface area contributed by atoms with Crippen molar-refractivity contribution in [3.63, 3.8) is 0 Å². The Morgan fingerprint density at radius 1 is 1.12 bits per heavy atom. The lowest BCUT2D eigenvalue weighted by Gasteiger charge is -2.28. The third-order valence-corrected chi connectivity index (χ3v) is 6.68. The first-order valence-electron chi connectivity index (χ1n) is 11.8. The van der Waals surface area contributed by atoms with E-state index in [1.54, 1.807) is 0 Å². The monoisotopic (exact) mass is 479 g/mol. The van der Waals surface area contributed by atoms with E-state index in [4.69, 9.17) is 26.4 Å². The van der Waals surface area contributed by atoms with Gasteiger partial charge in [0.15, 0.2) is 16.6 Å². The Balaban J connectivity index is 1.43. The molecule has 3 heterocycles. The zero-order valence-electron chi connectivity index (χ0n) is 19.3. The summed E-state index contributed by atoms with van der Waals surface area (Å²) in [5.41, 5.74) is 3.40. The quantitative estimate of drug-likeness (QED) is 0.512. The summed E-state index contributed by atoms with van der Waals surface area (Å²) in [7, 11) is 0. The van der Waals surface area contributed by atoms with Crippen LogP contribution in [0.4, 0.5) is 5.69 Å². The first kappa shape index (κ1) is 22.7. The number of fused-ring (bicyclic) bond motifs is 2. The van der Waals surface area contributed by atoms with Crippen LogP contribution in [-0.4, -0.2) is 47.5 Å². The largest absolute Gasteiger partial charge is 0.486 e. The van der Waals surface area contributed by atoms with E-state index in [2.05, 4.69) is 23.3 Å². The van der Waals surface area contributed by atoms with Gasteiger partial charge in [0.25, 0.3) is 5.56 Å². The number of aromatic nitrogens is 1. The topological polar surface area (TPSA) is 75.8 Å². The van der Waals surface area contributed by atoms with Gasteiger partial charge in [-0.15, -0.1) is 0 Å². The molecule has 0 unspecified atom stereocenters. The number of aryl methyl sites for hydroxylation is 1. The molecule has 34 heavy (non-hydrogen) atoms. The smallest absolute Gasteiger partial charge is 0.253 e. The predicted molar refractivity (Wildman–Crippen MR) is 137 cm³/mol. The molecular weight excluding hydrogens is 450 g/mol. The van der Waals surface area contributed by atoms with Crippen LogP contribution in [-0.2, 0) is 17.7 Å². The first-order chi connectivity index (χ1) is 16.6. The standard InChI is InChI=1S/C26H29N3O4S/c1-2-17-6-3-4-8-21(17)28-26(34)29(16-20-7-5-9-31-20)15-19-12-18-13-23-24(33-11-10-32-23)14-22(18)27-25(19)30/h3-4,6,8,12-14,20H,2,5,7,9-11,15-16H2,1H3,(H,27,30)(H,28,34)/t20-/m0/s1. The summed E-state index contributed by atoms with van der Waals surface area (Å²) in [4.78, 5) is 18.0. The maximum Gasteiger partial charge on any atom is 0.253 e. The number of aromatic amines is 1. The van der Waals surface area contributed by atoms with E-state index in [1.165, 1.54) is 5.56 Å². The zero-order chi connectivity index (χ0) is 23.5. The molecule has 3 aromatic rings. The SMILES string of the molecule is CCc1ccccc1NC(=S)N(Cc1cc2cc3c(cc2[nH]c1=O)OCCO3)C[C@@H]1CCCO1. The Bertz CT molecular complexity index is 1250. The van der Waals surface area contributed by atoms with Crippen LogP contribution in [0.2, 0.25) is 0 Å². The third kappa shape index (κ3) is 4.88. The fraction of sp³-hybridized carbons (Fsp3) is 0.385. The van der Waals surface area contributed by atoms with Crippen LogP contribution < -0.4 is 20.3 Å². The van der Waals surface area contributed by atoms with E-state index in [-0.39, 0.29) is 11.7 Å². The van der Waals surface area contributed by atoms with Crippen molar-refractivity contribution in [2.24, 2.45) is 0 Å². The van der Waals surface area contributed by atoms with E-state index < -0.39 is 0 Å². The molecule has 2 aromatic carbocycles. The maximum atomic E-state index is 13.0. The normalized spacial score (nSPS) is 17.0. The second-order valence-corrected chi connectivity index (χ2v) is 9.05. The molecule has 7 nitrogen and oxygen atoms in total. The van der Waals surface area contributed by atoms with Gasteiger partial charge < -0.3 is 29.4 Å². The van der Waals surface area contributed by atoms with Gasteiger partial charge in [0.1, 0.15) is 13.2 Å². The second kappa shape index (κ2) is 10.0. The molecule has 1 fully saturated rings. The van der Waals surface area contributed by atoms with E-state index >= 15 is 0 Å². The van der Waals surface area contributed by atoms with Crippen molar-refractivity contribution in [1.29, 1.82) is 0 Å². The van der Waals surface area contributed by atoms with Crippen molar-refractivity contribution in [2.75, 3.05) is 31.7 Å². The maximum absolute atomic E-state index is 13.0. The van der Waals surface area contributed by atoms with Crippen molar-refractivity contribution >= 4 is 33.9 Å². The molecule has 2 aliphatic heterocycles. The van der Waals surface area contributed by atoms with Gasteiger partial charge in [0.05, 0.1) is 18.2 Å². The van der Waals surface area contributed by atoms with Crippen molar-refractivity contribution in [3.05, 3.63) is 63.9 Å². The van der Waals surface area contributed by atoms with Crippen LogP contribution in [0.5, 0.6) is 11.5 Å². The molecule has 1 saturated heterocycles. The molecule has 0 radical (unpaired) electrons. The number of para-hydroxylation sites is 1. The minimum Gasteiger partial charge on any atom is -0.486 e. The number of benzene rings is 2. The van der Waals surface area contributed by atoms with Crippen LogP contribution in [0.25, 0.3) is 10.9 Å². The van der Waals surface area contributed by atoms with Crippen LogP contribution in [0, 0.1) is 0 Å². The number of thiocarbonyl (C=S) groups is 1. The number of hydrogen-bond acceptors (Lipinski definition) is 5. The van der Waals surface area contributed by atoms with Crippen molar-refractivity contribution < 1.29 is 14.2 Å². The van der Waals surface area contributed by atoms with Gasteiger partial charge in [0.2, 0.25) is 0 Å². The van der Waals surface area contributed by atoms with Gasteiger partial charge in [-0.05, 0) is 55.2 Å². The Labute approximate surface area is 204 Å². The molecule has 0 amide bonds. The highest BCUT2D eigenvalue weighted by molar-refractivity contribution is 7.80. The van der Waals surface area contributed by atoms with Crippen molar-refractivity contribution in [1.82, 2.24) is 9.88 Å². The average molecular weight is 480 g/mol. The van der Waals surface area contributed by atoms with Crippen LogP contribution in [0.1, 0.15) is 30.9 Å². The number of anilines is 1. The van der Waals surface area contributed by atoms with Crippen LogP contribution in [0.3, 0.4) is 0 Å². The highest BCUT2D eigenvalue weighted by Crippen LogP contribution is 2.33. The zero-order valence-corrected chi connectivity index (χ0v) is 20.1. The number of ether oxygens (including phenoxy) is 3. The van der Waals surface area contributed by atoms with Gasteiger partial charge in [-0.25, -0.2) is 0 Å². The molecule has 0 aliphatic carbocycles. The minimum absolute atomic E-state index is 0.0956. The highest BCUT2D eigenvalue weighted by atomic mass is 32.1. The molecule has 178 valence electrons. The molecule has 1 atom stereocenters. The number of rotatable bonds is 6. The summed E-state index contributed by atoms with van der Waals surface area (Å²) in [5, 5.41) is 4.88. The van der Waals surface area contributed by atoms with E-state index in [9.17, 15) is 4.79 Å². The molecule has 5 rings (SSSR count). The van der Waals surface area contributed by atoms with E-state index in [0.29, 0.717) is 48.5 Å². The lowest BCUT2D eigenvalue weighted by molar-refractivity contribution is 0.0904. The number of nitrogens with one attached hydrogen (secondary N) is 2. The molecule has 0 bridgehead atoms. The van der Waals surface area contributed by atoms with E-state index in [1.807, 2.05) is 41.3 Å². The van der Waals surface area contributed by atoms with Gasteiger partial charge in [-0.3, -0.25) is 4.79 Å². The summed E-state index contributed by atoms with van der Waals surface area (Å²) < 4.78 is 17.3. The summed E-state index contributed by atoms with van der Waals surface area (Å²) in [6.07, 6.45) is 3.03. The Kier molecular flexibility index (Phi) is 6.69. The first-order valence-corrected chi connectivity index (χ1v) is 12.2. The van der Waals surface area contributed by atoms with Crippen molar-refractivity contribution in [2.45, 2.75) is 38.8 Å². The summed E-state index contributed by atoms with van der Waals surface area (Å²) >= 11 is 5.83. The molecule has 1 aromatic heterocycles. The molecule has 0 spiro atoms. The molecular formula is C26H29N3O4S. The van der Waals surface area contributed by atoms with E-state index in [0.717, 1.165) is 42.5 Å². The second-order valence-electron chi connectivity index (χ2n) is 8.66. The Morgan fingerprint density at radius 3 is 2.68 bits per heavy atom. The van der Waals surface area contributed by atoms with Crippen LogP contribution in [0.15, 0.2) is 47.3 Å². The highest BCUT2D eigenvalue weighted by Gasteiger charge is 2.23. The predicted octanol–water partition coefficient (Wildman–Crippen LogP) is 4.24. The van der Waals surface area contributed by atoms with Gasteiger partial charge in [-0.2, -0.15) is 0 Å². The molecule has 2 N–H and O–H groups in total. The molecule has 2 aliphatic rings. The third-order valence-electron chi connectivity index (χ3n) is 6.32. The van der Waals surface area contributed by atoms with Gasteiger partial charge in [0, 0.05) is 35.9 Å². The van der Waals surface area contributed by atoms with Crippen molar-refractivity contribution in [3.8, 4) is 11.5 Å². The number of nitrogens with zero attached hydrogens (tertiary/aromatic N) is 1. The lowest BCUT2D eigenvalue weighted by atomic mass is 10.1. The minimum atomic E-state index is -0.140. The number of pyridine rings is 1. The van der Waals surface area contributed by atoms with Gasteiger partial charge in [-0.1, -0.05) is 25.1 Å². The fourth-order valence-electron chi connectivity index (χ4n) is 4.51. The Morgan fingerprint density at radius 2 is 1.91 bits per heavy atom. The molecule has 8 heteroatoms. The number of H-pyrrole nitrogens is 1.